The number of benzene rings is 1. The molecule has 0 unspecified atom stereocenters. The lowest BCUT2D eigenvalue weighted by Gasteiger charge is -2.06. The summed E-state index contributed by atoms with van der Waals surface area (Å²) in [5.41, 5.74) is 3.31. The van der Waals surface area contributed by atoms with E-state index in [2.05, 4.69) is 4.98 Å². The van der Waals surface area contributed by atoms with Crippen LogP contribution in [0.2, 0.25) is 0 Å². The van der Waals surface area contributed by atoms with Crippen LogP contribution in [0, 0.1) is 0 Å². The van der Waals surface area contributed by atoms with Crippen molar-refractivity contribution >= 4 is 0 Å². The molecule has 0 aliphatic heterocycles. The number of nitrogens with zero attached hydrogens (tertiary/aromatic N) is 2. The molecule has 0 bridgehead atoms. The fourth-order valence-electron chi connectivity index (χ4n) is 1.68. The molecule has 2 N–H and O–H groups in total. The molecule has 0 amide bonds. The van der Waals surface area contributed by atoms with Gasteiger partial charge in [-0.2, -0.15) is 0 Å². The molecule has 0 saturated carbocycles. The van der Waals surface area contributed by atoms with Crippen LogP contribution in [0.25, 0.3) is 11.3 Å². The minimum absolute atomic E-state index is 0.0184. The van der Waals surface area contributed by atoms with E-state index in [1.54, 1.807) is 12.4 Å². The first-order chi connectivity index (χ1) is 7.74. The van der Waals surface area contributed by atoms with Gasteiger partial charge in [-0.1, -0.05) is 18.2 Å². The SMILES string of the molecule is Cn1cnc(-c2ccc(CO)cc2CO)c1. The van der Waals surface area contributed by atoms with Crippen LogP contribution in [0.15, 0.2) is 30.7 Å². The molecule has 4 nitrogen and oxygen atoms in total. The topological polar surface area (TPSA) is 58.3 Å². The summed E-state index contributed by atoms with van der Waals surface area (Å²) in [6, 6.07) is 5.51. The summed E-state index contributed by atoms with van der Waals surface area (Å²) in [5.74, 6) is 0. The molecule has 0 radical (unpaired) electrons. The molecular formula is C12H14N2O2. The normalized spacial score (nSPS) is 10.7. The molecule has 2 rings (SSSR count). The number of aliphatic hydroxyl groups is 2. The van der Waals surface area contributed by atoms with Crippen molar-refractivity contribution in [1.29, 1.82) is 0 Å². The van der Waals surface area contributed by atoms with Crippen molar-refractivity contribution in [2.75, 3.05) is 0 Å². The van der Waals surface area contributed by atoms with E-state index >= 15 is 0 Å². The van der Waals surface area contributed by atoms with Crippen molar-refractivity contribution in [2.24, 2.45) is 7.05 Å². The van der Waals surface area contributed by atoms with Crippen molar-refractivity contribution in [3.05, 3.63) is 41.9 Å². The van der Waals surface area contributed by atoms with E-state index in [-0.39, 0.29) is 13.2 Å². The van der Waals surface area contributed by atoms with E-state index in [1.807, 2.05) is 29.9 Å². The minimum Gasteiger partial charge on any atom is -0.392 e. The van der Waals surface area contributed by atoms with E-state index < -0.39 is 0 Å². The molecule has 1 heterocycles. The van der Waals surface area contributed by atoms with Gasteiger partial charge >= 0.3 is 0 Å². The third-order valence-electron chi connectivity index (χ3n) is 2.50. The molecular weight excluding hydrogens is 204 g/mol. The summed E-state index contributed by atoms with van der Waals surface area (Å²) >= 11 is 0. The Bertz CT molecular complexity index is 492. The number of rotatable bonds is 3. The van der Waals surface area contributed by atoms with Crippen LogP contribution in [-0.4, -0.2) is 19.8 Å². The van der Waals surface area contributed by atoms with Crippen LogP contribution in [0.3, 0.4) is 0 Å². The van der Waals surface area contributed by atoms with Gasteiger partial charge in [-0.25, -0.2) is 4.98 Å². The zero-order chi connectivity index (χ0) is 11.5. The second kappa shape index (κ2) is 4.47. The molecule has 0 aliphatic rings. The van der Waals surface area contributed by atoms with Gasteiger partial charge in [0.15, 0.2) is 0 Å². The van der Waals surface area contributed by atoms with Crippen molar-refractivity contribution < 1.29 is 10.2 Å². The smallest absolute Gasteiger partial charge is 0.0951 e. The summed E-state index contributed by atoms with van der Waals surface area (Å²) in [5, 5.41) is 18.3. The zero-order valence-corrected chi connectivity index (χ0v) is 9.09. The molecule has 0 spiro atoms. The Hall–Kier alpha value is -1.65. The zero-order valence-electron chi connectivity index (χ0n) is 9.09. The maximum atomic E-state index is 9.29. The van der Waals surface area contributed by atoms with Crippen molar-refractivity contribution in [3.63, 3.8) is 0 Å². The van der Waals surface area contributed by atoms with Crippen molar-refractivity contribution in [3.8, 4) is 11.3 Å². The Labute approximate surface area is 93.8 Å². The fraction of sp³-hybridized carbons (Fsp3) is 0.250. The first-order valence-corrected chi connectivity index (χ1v) is 5.06. The van der Waals surface area contributed by atoms with Gasteiger partial charge in [-0.05, 0) is 11.1 Å². The average Bonchev–Trinajstić information content (AvgIpc) is 2.74. The van der Waals surface area contributed by atoms with Crippen LogP contribution in [0.5, 0.6) is 0 Å². The summed E-state index contributed by atoms with van der Waals surface area (Å²) < 4.78 is 1.86. The van der Waals surface area contributed by atoms with Crippen LogP contribution in [-0.2, 0) is 20.3 Å². The van der Waals surface area contributed by atoms with E-state index in [0.717, 1.165) is 22.4 Å². The first-order valence-electron chi connectivity index (χ1n) is 5.06. The highest BCUT2D eigenvalue weighted by molar-refractivity contribution is 5.63. The van der Waals surface area contributed by atoms with Gasteiger partial charge in [-0.15, -0.1) is 0 Å². The number of hydrogen-bond acceptors (Lipinski definition) is 3. The van der Waals surface area contributed by atoms with Gasteiger partial charge < -0.3 is 14.8 Å². The highest BCUT2D eigenvalue weighted by atomic mass is 16.3. The van der Waals surface area contributed by atoms with E-state index in [0.29, 0.717) is 0 Å². The lowest BCUT2D eigenvalue weighted by molar-refractivity contribution is 0.275. The number of aliphatic hydroxyl groups excluding tert-OH is 2. The van der Waals surface area contributed by atoms with E-state index in [9.17, 15) is 5.11 Å². The maximum absolute atomic E-state index is 9.29. The lowest BCUT2D eigenvalue weighted by Crippen LogP contribution is -1.93. The summed E-state index contributed by atoms with van der Waals surface area (Å²) in [4.78, 5) is 4.24. The molecule has 0 aliphatic carbocycles. The maximum Gasteiger partial charge on any atom is 0.0951 e. The molecule has 0 atom stereocenters. The largest absolute Gasteiger partial charge is 0.392 e. The molecule has 4 heteroatoms. The van der Waals surface area contributed by atoms with Gasteiger partial charge in [0.05, 0.1) is 25.2 Å². The molecule has 2 aromatic rings. The monoisotopic (exact) mass is 218 g/mol. The van der Waals surface area contributed by atoms with Gasteiger partial charge in [0.25, 0.3) is 0 Å². The Balaban J connectivity index is 2.48. The van der Waals surface area contributed by atoms with Crippen LogP contribution >= 0.6 is 0 Å². The number of hydrogen-bond donors (Lipinski definition) is 2. The van der Waals surface area contributed by atoms with E-state index in [1.165, 1.54) is 0 Å². The van der Waals surface area contributed by atoms with Gasteiger partial charge in [0, 0.05) is 18.8 Å². The average molecular weight is 218 g/mol. The molecule has 16 heavy (non-hydrogen) atoms. The summed E-state index contributed by atoms with van der Waals surface area (Å²) in [6.45, 7) is -0.0742. The predicted molar refractivity (Wildman–Crippen MR) is 60.5 cm³/mol. The summed E-state index contributed by atoms with van der Waals surface area (Å²) in [6.07, 6.45) is 3.61. The molecule has 0 saturated heterocycles. The molecule has 84 valence electrons. The summed E-state index contributed by atoms with van der Waals surface area (Å²) in [7, 11) is 1.90. The Morgan fingerprint density at radius 3 is 2.62 bits per heavy atom. The lowest BCUT2D eigenvalue weighted by atomic mass is 10.0. The number of aromatic nitrogens is 2. The second-order valence-corrected chi connectivity index (χ2v) is 3.73. The van der Waals surface area contributed by atoms with Gasteiger partial charge in [0.2, 0.25) is 0 Å². The van der Waals surface area contributed by atoms with Crippen molar-refractivity contribution in [1.82, 2.24) is 9.55 Å². The number of imidazole rings is 1. The Kier molecular flexibility index (Phi) is 3.03. The van der Waals surface area contributed by atoms with Gasteiger partial charge in [-0.3, -0.25) is 0 Å². The quantitative estimate of drug-likeness (QED) is 0.810. The minimum atomic E-state index is -0.0558. The second-order valence-electron chi connectivity index (χ2n) is 3.73. The van der Waals surface area contributed by atoms with Crippen LogP contribution in [0.4, 0.5) is 0 Å². The Morgan fingerprint density at radius 2 is 2.06 bits per heavy atom. The van der Waals surface area contributed by atoms with E-state index in [4.69, 9.17) is 5.11 Å². The number of aryl methyl sites for hydroxylation is 1. The van der Waals surface area contributed by atoms with Crippen LogP contribution < -0.4 is 0 Å². The fourth-order valence-corrected chi connectivity index (χ4v) is 1.68. The highest BCUT2D eigenvalue weighted by Crippen LogP contribution is 2.23. The standard InChI is InChI=1S/C12H14N2O2/c1-14-5-12(13-8-14)11-3-2-9(6-15)4-10(11)7-16/h2-5,8,15-16H,6-7H2,1H3. The third-order valence-corrected chi connectivity index (χ3v) is 2.50. The first kappa shape index (κ1) is 10.9. The predicted octanol–water partition coefficient (Wildman–Crippen LogP) is 1.07. The molecule has 0 fully saturated rings. The van der Waals surface area contributed by atoms with Crippen LogP contribution in [0.1, 0.15) is 11.1 Å². The highest BCUT2D eigenvalue weighted by Gasteiger charge is 2.07. The van der Waals surface area contributed by atoms with Gasteiger partial charge in [0.1, 0.15) is 0 Å². The molecule has 1 aromatic carbocycles. The molecule has 1 aromatic heterocycles. The Morgan fingerprint density at radius 1 is 1.25 bits per heavy atom. The third kappa shape index (κ3) is 1.98. The van der Waals surface area contributed by atoms with Crippen molar-refractivity contribution in [2.45, 2.75) is 13.2 Å².